The first kappa shape index (κ1) is 51.6. The topological polar surface area (TPSA) is 229 Å². The van der Waals surface area contributed by atoms with E-state index in [-0.39, 0.29) is 40.5 Å². The summed E-state index contributed by atoms with van der Waals surface area (Å²) in [6, 6.07) is 36.2. The van der Waals surface area contributed by atoms with Gasteiger partial charge in [-0.2, -0.15) is 5.26 Å². The predicted octanol–water partition coefficient (Wildman–Crippen LogP) is 10.7. The minimum Gasteiger partial charge on any atom is -0.494 e. The van der Waals surface area contributed by atoms with Gasteiger partial charge in [0.15, 0.2) is 5.78 Å². The number of benzene rings is 6. The largest absolute Gasteiger partial charge is 0.494 e. The third-order valence-corrected chi connectivity index (χ3v) is 10.5. The maximum Gasteiger partial charge on any atom is 0.343 e. The summed E-state index contributed by atoms with van der Waals surface area (Å²) in [6.45, 7) is 7.11. The number of nitrogens with zero attached hydrogens (tertiary/aromatic N) is 4. The molecule has 0 saturated carbocycles. The van der Waals surface area contributed by atoms with E-state index in [0.717, 1.165) is 11.6 Å². The summed E-state index contributed by atoms with van der Waals surface area (Å²) in [5.74, 6) is -0.863. The molecule has 0 heterocycles. The van der Waals surface area contributed by atoms with Crippen LogP contribution in [0.4, 0.5) is 11.4 Å². The molecule has 17 heteroatoms. The molecular formula is C55H44N4O13. The van der Waals surface area contributed by atoms with Gasteiger partial charge in [0, 0.05) is 65.9 Å². The highest BCUT2D eigenvalue weighted by Crippen LogP contribution is 2.33. The molecule has 0 atom stereocenters. The molecule has 362 valence electrons. The SMILES string of the molecule is [C-]#[N+]CCCOc1ccc(C(=O)Oc2ccc(/C=C/C(=O)OCc3cc([N+](=O)[O-])ccc3-c3ccc([N+](=O)[O-])cc3COC(=O)/C=C/c3ccc(CC(=O)c4ccc(OCCCC#N)cc4)cc3)cc2)cc1. The smallest absolute Gasteiger partial charge is 0.343 e. The lowest BCUT2D eigenvalue weighted by Crippen LogP contribution is -2.08. The van der Waals surface area contributed by atoms with Gasteiger partial charge < -0.3 is 28.5 Å². The molecule has 0 aliphatic heterocycles. The molecule has 0 aliphatic carbocycles. The van der Waals surface area contributed by atoms with Crippen molar-refractivity contribution >= 4 is 47.2 Å². The van der Waals surface area contributed by atoms with Crippen LogP contribution in [-0.2, 0) is 38.7 Å². The molecule has 0 bridgehead atoms. The third-order valence-electron chi connectivity index (χ3n) is 10.5. The molecule has 0 amide bonds. The van der Waals surface area contributed by atoms with E-state index in [0.29, 0.717) is 83.9 Å². The minimum absolute atomic E-state index is 0.103. The van der Waals surface area contributed by atoms with Crippen molar-refractivity contribution in [1.82, 2.24) is 0 Å². The van der Waals surface area contributed by atoms with Crippen LogP contribution in [0.2, 0.25) is 0 Å². The number of nitro benzene ring substituents is 2. The van der Waals surface area contributed by atoms with Crippen molar-refractivity contribution in [2.45, 2.75) is 38.9 Å². The Balaban J connectivity index is 1.05. The summed E-state index contributed by atoms with van der Waals surface area (Å²) >= 11 is 0. The normalized spacial score (nSPS) is 10.8. The van der Waals surface area contributed by atoms with Crippen molar-refractivity contribution in [1.29, 1.82) is 5.26 Å². The Bertz CT molecular complexity index is 2850. The molecule has 6 aromatic carbocycles. The van der Waals surface area contributed by atoms with Gasteiger partial charge in [0.25, 0.3) is 11.4 Å². The van der Waals surface area contributed by atoms with Crippen molar-refractivity contribution in [3.05, 3.63) is 216 Å². The van der Waals surface area contributed by atoms with E-state index in [1.165, 1.54) is 66.8 Å². The maximum atomic E-state index is 12.9. The Morgan fingerprint density at radius 2 is 1.08 bits per heavy atom. The Morgan fingerprint density at radius 1 is 0.611 bits per heavy atom. The van der Waals surface area contributed by atoms with Crippen molar-refractivity contribution in [3.8, 4) is 34.4 Å². The molecule has 6 aromatic rings. The van der Waals surface area contributed by atoms with E-state index in [2.05, 4.69) is 10.9 Å². The van der Waals surface area contributed by atoms with Gasteiger partial charge in [-0.1, -0.05) is 36.4 Å². The number of carbonyl (C=O) groups excluding carboxylic acids is 4. The summed E-state index contributed by atoms with van der Waals surface area (Å²) in [5, 5.41) is 32.2. The number of non-ortho nitro benzene ring substituents is 2. The van der Waals surface area contributed by atoms with Crippen LogP contribution in [0.5, 0.6) is 17.2 Å². The Labute approximate surface area is 413 Å². The summed E-state index contributed by atoms with van der Waals surface area (Å²) in [4.78, 5) is 77.1. The van der Waals surface area contributed by atoms with Gasteiger partial charge in [-0.05, 0) is 119 Å². The van der Waals surface area contributed by atoms with E-state index in [9.17, 15) is 39.4 Å². The van der Waals surface area contributed by atoms with Crippen LogP contribution in [0.1, 0.15) is 67.8 Å². The van der Waals surface area contributed by atoms with Gasteiger partial charge in [0.05, 0.1) is 41.1 Å². The fourth-order valence-corrected chi connectivity index (χ4v) is 6.82. The Kier molecular flexibility index (Phi) is 18.7. The molecule has 6 rings (SSSR count). The van der Waals surface area contributed by atoms with Crippen LogP contribution in [0, 0.1) is 38.1 Å². The number of hydrogen-bond donors (Lipinski definition) is 0. The quantitative estimate of drug-likeness (QED) is 0.00803. The molecule has 72 heavy (non-hydrogen) atoms. The van der Waals surface area contributed by atoms with Crippen molar-refractivity contribution in [3.63, 3.8) is 0 Å². The number of ether oxygens (including phenoxy) is 5. The maximum absolute atomic E-state index is 12.9. The van der Waals surface area contributed by atoms with Gasteiger partial charge in [-0.25, -0.2) is 21.0 Å². The molecule has 0 radical (unpaired) electrons. The highest BCUT2D eigenvalue weighted by Gasteiger charge is 2.20. The number of Topliss-reactive ketones (excluding diaryl/α,β-unsaturated/α-hetero) is 1. The highest BCUT2D eigenvalue weighted by atomic mass is 16.6. The lowest BCUT2D eigenvalue weighted by molar-refractivity contribution is -0.385. The highest BCUT2D eigenvalue weighted by molar-refractivity contribution is 5.97. The molecule has 0 spiro atoms. The van der Waals surface area contributed by atoms with Gasteiger partial charge in [-0.3, -0.25) is 25.0 Å². The number of carbonyl (C=O) groups is 4. The molecule has 0 fully saturated rings. The Morgan fingerprint density at radius 3 is 1.57 bits per heavy atom. The first-order valence-electron chi connectivity index (χ1n) is 22.2. The van der Waals surface area contributed by atoms with Gasteiger partial charge in [0.1, 0.15) is 30.5 Å². The molecule has 0 saturated heterocycles. The fourth-order valence-electron chi connectivity index (χ4n) is 6.82. The molecule has 17 nitrogen and oxygen atoms in total. The van der Waals surface area contributed by atoms with Crippen LogP contribution < -0.4 is 14.2 Å². The van der Waals surface area contributed by atoms with E-state index in [1.807, 2.05) is 0 Å². The van der Waals surface area contributed by atoms with Crippen LogP contribution >= 0.6 is 0 Å². The zero-order valence-corrected chi connectivity index (χ0v) is 38.5. The second kappa shape index (κ2) is 26.1. The standard InChI is InChI=1S/C55H44N4O13/c1-57-30-4-32-69-48-23-15-42(16-24-48)55(63)72-49-19-9-39(10-20-49)12-28-54(62)71-37-44-35-46(59(66)67)18-26-51(44)50-25-17-45(58(64)65)34-43(50)36-70-53(61)27-11-38-5-7-40(8-6-38)33-52(60)41-13-21-47(22-14-41)68-31-3-2-29-56/h5-28,34-35H,2-4,30-33,36-37H2/b27-11+,28-12+. The number of esters is 3. The lowest BCUT2D eigenvalue weighted by Gasteiger charge is -2.14. The van der Waals surface area contributed by atoms with Gasteiger partial charge in [0.2, 0.25) is 6.54 Å². The predicted molar refractivity (Wildman–Crippen MR) is 264 cm³/mol. The first-order valence-corrected chi connectivity index (χ1v) is 22.2. The third kappa shape index (κ3) is 15.7. The van der Waals surface area contributed by atoms with Gasteiger partial charge >= 0.3 is 17.9 Å². The van der Waals surface area contributed by atoms with Crippen molar-refractivity contribution in [2.24, 2.45) is 0 Å². The molecule has 0 N–H and O–H groups in total. The molecule has 0 aliphatic rings. The summed E-state index contributed by atoms with van der Waals surface area (Å²) in [6.07, 6.45) is 7.01. The second-order valence-corrected chi connectivity index (χ2v) is 15.6. The number of nitriles is 1. The van der Waals surface area contributed by atoms with Gasteiger partial charge in [-0.15, -0.1) is 0 Å². The average Bonchev–Trinajstić information content (AvgIpc) is 3.39. The first-order chi connectivity index (χ1) is 34.9. The number of ketones is 1. The van der Waals surface area contributed by atoms with Crippen LogP contribution in [-0.4, -0.2) is 53.3 Å². The van der Waals surface area contributed by atoms with Crippen LogP contribution in [0.15, 0.2) is 146 Å². The van der Waals surface area contributed by atoms with E-state index >= 15 is 0 Å². The van der Waals surface area contributed by atoms with Crippen molar-refractivity contribution in [2.75, 3.05) is 19.8 Å². The van der Waals surface area contributed by atoms with E-state index < -0.39 is 41.0 Å². The van der Waals surface area contributed by atoms with E-state index in [4.69, 9.17) is 35.5 Å². The van der Waals surface area contributed by atoms with Crippen LogP contribution in [0.25, 0.3) is 28.1 Å². The van der Waals surface area contributed by atoms with Crippen LogP contribution in [0.3, 0.4) is 0 Å². The number of hydrogen-bond acceptors (Lipinski definition) is 14. The molecule has 0 unspecified atom stereocenters. The minimum atomic E-state index is -0.799. The Hall–Kier alpha value is -9.74. The zero-order chi connectivity index (χ0) is 51.2. The summed E-state index contributed by atoms with van der Waals surface area (Å²) in [7, 11) is 0. The second-order valence-electron chi connectivity index (χ2n) is 15.6. The molecular weight excluding hydrogens is 925 g/mol. The molecule has 0 aromatic heterocycles. The summed E-state index contributed by atoms with van der Waals surface area (Å²) in [5.41, 5.74) is 3.15. The summed E-state index contributed by atoms with van der Waals surface area (Å²) < 4.78 is 27.6. The lowest BCUT2D eigenvalue weighted by atomic mass is 9.95. The number of rotatable bonds is 24. The van der Waals surface area contributed by atoms with E-state index in [1.54, 1.807) is 84.9 Å². The van der Waals surface area contributed by atoms with Crippen molar-refractivity contribution < 1.29 is 52.7 Å². The number of unbranched alkanes of at least 4 members (excludes halogenated alkanes) is 1. The fraction of sp³-hybridized carbons (Fsp3) is 0.164. The zero-order valence-electron chi connectivity index (χ0n) is 38.5. The number of nitro groups is 2. The monoisotopic (exact) mass is 968 g/mol. The average molecular weight is 969 g/mol.